The van der Waals surface area contributed by atoms with E-state index >= 15 is 0 Å². The van der Waals surface area contributed by atoms with Crippen molar-refractivity contribution in [2.75, 3.05) is 12.4 Å². The highest BCUT2D eigenvalue weighted by Crippen LogP contribution is 2.39. The molecule has 0 saturated carbocycles. The number of carboxylic acid groups (broad SMARTS) is 1. The molecule has 5 rings (SSSR count). The fraction of sp³-hybridized carbons (Fsp3) is 0.214. The van der Waals surface area contributed by atoms with Gasteiger partial charge in [-0.15, -0.1) is 0 Å². The van der Waals surface area contributed by atoms with Gasteiger partial charge in [-0.25, -0.2) is 19.0 Å². The molecule has 218 valence electrons. The Balaban J connectivity index is 1.38. The number of carbonyl (C=O) groups excluding carboxylic acids is 2. The van der Waals surface area contributed by atoms with Crippen molar-refractivity contribution < 1.29 is 41.8 Å². The lowest BCUT2D eigenvalue weighted by Gasteiger charge is -2.33. The quantitative estimate of drug-likeness (QED) is 0.179. The average Bonchev–Trinajstić information content (AvgIpc) is 3.54. The number of likely N-dealkylation sites (tertiary alicyclic amines) is 1. The van der Waals surface area contributed by atoms with Crippen LogP contribution in [0.3, 0.4) is 0 Å². The maximum absolute atomic E-state index is 15.0. The van der Waals surface area contributed by atoms with Crippen molar-refractivity contribution in [1.29, 1.82) is 0 Å². The van der Waals surface area contributed by atoms with Crippen LogP contribution in [0.25, 0.3) is 11.1 Å². The van der Waals surface area contributed by atoms with Gasteiger partial charge in [-0.3, -0.25) is 9.69 Å². The Bertz CT molecular complexity index is 1580. The number of nitrogens with zero attached hydrogens (tertiary/aromatic N) is 2. The summed E-state index contributed by atoms with van der Waals surface area (Å²) in [5.41, 5.74) is -4.41. The monoisotopic (exact) mass is 602 g/mol. The van der Waals surface area contributed by atoms with E-state index in [0.29, 0.717) is 6.42 Å². The Morgan fingerprint density at radius 2 is 1.90 bits per heavy atom. The number of thioether (sulfide) groups is 1. The highest BCUT2D eigenvalue weighted by Gasteiger charge is 2.46. The molecule has 1 aromatic heterocycles. The van der Waals surface area contributed by atoms with Gasteiger partial charge >= 0.3 is 17.5 Å². The van der Waals surface area contributed by atoms with E-state index < -0.39 is 35.4 Å². The number of nitrogens with one attached hydrogen (secondary N) is 2. The Hall–Kier alpha value is -4.59. The van der Waals surface area contributed by atoms with Gasteiger partial charge in [0.2, 0.25) is 0 Å². The van der Waals surface area contributed by atoms with Gasteiger partial charge in [-0.2, -0.15) is 13.2 Å². The van der Waals surface area contributed by atoms with Crippen LogP contribution in [-0.2, 0) is 0 Å². The van der Waals surface area contributed by atoms with Crippen molar-refractivity contribution in [3.8, 4) is 16.9 Å². The van der Waals surface area contributed by atoms with E-state index in [-0.39, 0.29) is 62.4 Å². The highest BCUT2D eigenvalue weighted by atomic mass is 32.2. The van der Waals surface area contributed by atoms with E-state index in [1.165, 1.54) is 60.7 Å². The number of aromatic carboxylic acids is 1. The van der Waals surface area contributed by atoms with Crippen molar-refractivity contribution >= 4 is 35.4 Å². The normalized spacial score (nSPS) is 19.1. The van der Waals surface area contributed by atoms with Crippen LogP contribution in [0.4, 0.5) is 28.0 Å². The number of ether oxygens (including phenoxy) is 1. The molecule has 1 saturated heterocycles. The predicted molar refractivity (Wildman–Crippen MR) is 145 cm³/mol. The standard InChI is InChI=1S/C28H22F4N4O5S/c1-41-23-12-21(29)19(15-6-8-22(26(38)39)33-13-15)11-20(23)25(37)35-24-14-5-7-17(9-14)36(24)27(40)34-16-3-2-4-18(10-16)42-28(30,31)32/h2-8,10-14,17,24H,9H2,1H3,(H,34,40)(H,35,37)(H,38,39). The van der Waals surface area contributed by atoms with Crippen LogP contribution in [0.2, 0.25) is 0 Å². The molecule has 3 amide bonds. The molecule has 2 aliphatic rings. The second-order valence-electron chi connectivity index (χ2n) is 9.45. The van der Waals surface area contributed by atoms with Crippen LogP contribution in [0, 0.1) is 11.7 Å². The molecule has 3 unspecified atom stereocenters. The van der Waals surface area contributed by atoms with Gasteiger partial charge in [-0.1, -0.05) is 24.3 Å². The lowest BCUT2D eigenvalue weighted by Crippen LogP contribution is -2.54. The molecule has 0 radical (unpaired) electrons. The summed E-state index contributed by atoms with van der Waals surface area (Å²) in [6.07, 6.45) is 4.56. The molecule has 1 fully saturated rings. The molecule has 3 aromatic rings. The van der Waals surface area contributed by atoms with Gasteiger partial charge in [0.15, 0.2) is 0 Å². The first-order chi connectivity index (χ1) is 19.9. The van der Waals surface area contributed by atoms with Gasteiger partial charge in [-0.05, 0) is 48.5 Å². The van der Waals surface area contributed by atoms with Crippen LogP contribution in [0.15, 0.2) is 71.8 Å². The average molecular weight is 603 g/mol. The van der Waals surface area contributed by atoms with E-state index in [9.17, 15) is 31.9 Å². The third-order valence-corrected chi connectivity index (χ3v) is 7.54. The Kier molecular flexibility index (Phi) is 7.82. The summed E-state index contributed by atoms with van der Waals surface area (Å²) in [5.74, 6) is -2.97. The number of hydrogen-bond acceptors (Lipinski definition) is 6. The number of benzene rings is 2. The summed E-state index contributed by atoms with van der Waals surface area (Å²) in [5, 5.41) is 14.5. The van der Waals surface area contributed by atoms with E-state index in [1.807, 2.05) is 12.2 Å². The zero-order chi connectivity index (χ0) is 30.2. The summed E-state index contributed by atoms with van der Waals surface area (Å²) < 4.78 is 58.6. The minimum Gasteiger partial charge on any atom is -0.496 e. The minimum atomic E-state index is -4.49. The minimum absolute atomic E-state index is 0.0237. The Morgan fingerprint density at radius 1 is 1.12 bits per heavy atom. The number of halogens is 4. The van der Waals surface area contributed by atoms with Gasteiger partial charge in [0, 0.05) is 39.9 Å². The number of anilines is 1. The number of carbonyl (C=O) groups is 3. The second-order valence-corrected chi connectivity index (χ2v) is 10.6. The number of aromatic nitrogens is 1. The van der Waals surface area contributed by atoms with Crippen LogP contribution >= 0.6 is 11.8 Å². The summed E-state index contributed by atoms with van der Waals surface area (Å²) >= 11 is -0.303. The number of hydrogen-bond donors (Lipinski definition) is 3. The van der Waals surface area contributed by atoms with Crippen LogP contribution in [-0.4, -0.2) is 57.7 Å². The number of rotatable bonds is 7. The molecule has 2 bridgehead atoms. The third-order valence-electron chi connectivity index (χ3n) is 6.82. The van der Waals surface area contributed by atoms with Gasteiger partial charge in [0.25, 0.3) is 5.91 Å². The topological polar surface area (TPSA) is 121 Å². The predicted octanol–water partition coefficient (Wildman–Crippen LogP) is 5.75. The molecule has 9 nitrogen and oxygen atoms in total. The molecular formula is C28H22F4N4O5S. The number of amides is 3. The van der Waals surface area contributed by atoms with Crippen LogP contribution < -0.4 is 15.4 Å². The largest absolute Gasteiger partial charge is 0.496 e. The zero-order valence-electron chi connectivity index (χ0n) is 21.7. The zero-order valence-corrected chi connectivity index (χ0v) is 22.5. The highest BCUT2D eigenvalue weighted by molar-refractivity contribution is 8.00. The molecule has 1 aliphatic carbocycles. The summed E-state index contributed by atoms with van der Waals surface area (Å²) in [6, 6.07) is 9.18. The molecule has 3 N–H and O–H groups in total. The number of carboxylic acids is 1. The lowest BCUT2D eigenvalue weighted by atomic mass is 10.0. The van der Waals surface area contributed by atoms with E-state index in [1.54, 1.807) is 0 Å². The summed E-state index contributed by atoms with van der Waals surface area (Å²) in [7, 11) is 1.26. The third kappa shape index (κ3) is 6.03. The van der Waals surface area contributed by atoms with Crippen molar-refractivity contribution in [3.05, 3.63) is 84.0 Å². The molecular weight excluding hydrogens is 580 g/mol. The summed E-state index contributed by atoms with van der Waals surface area (Å²) in [4.78, 5) is 43.0. The number of pyridine rings is 1. The van der Waals surface area contributed by atoms with Crippen LogP contribution in [0.1, 0.15) is 27.3 Å². The first-order valence-corrected chi connectivity index (χ1v) is 13.3. The van der Waals surface area contributed by atoms with Crippen molar-refractivity contribution in [2.45, 2.75) is 29.0 Å². The number of alkyl halides is 3. The maximum atomic E-state index is 15.0. The number of methoxy groups -OCH3 is 1. The first-order valence-electron chi connectivity index (χ1n) is 12.4. The molecule has 2 aromatic carbocycles. The Morgan fingerprint density at radius 3 is 2.57 bits per heavy atom. The fourth-order valence-electron chi connectivity index (χ4n) is 4.99. The molecule has 3 atom stereocenters. The smallest absolute Gasteiger partial charge is 0.446 e. The van der Waals surface area contributed by atoms with Crippen molar-refractivity contribution in [3.63, 3.8) is 0 Å². The van der Waals surface area contributed by atoms with Crippen molar-refractivity contribution in [2.24, 2.45) is 5.92 Å². The summed E-state index contributed by atoms with van der Waals surface area (Å²) in [6.45, 7) is 0. The van der Waals surface area contributed by atoms with Crippen molar-refractivity contribution in [1.82, 2.24) is 15.2 Å². The number of fused-ring (bicyclic) bond motifs is 2. The van der Waals surface area contributed by atoms with E-state index in [4.69, 9.17) is 9.84 Å². The van der Waals surface area contributed by atoms with Gasteiger partial charge in [0.1, 0.15) is 23.4 Å². The van der Waals surface area contributed by atoms with Gasteiger partial charge in [0.05, 0.1) is 18.7 Å². The molecule has 1 aliphatic heterocycles. The van der Waals surface area contributed by atoms with E-state index in [2.05, 4.69) is 15.6 Å². The van der Waals surface area contributed by atoms with Crippen LogP contribution in [0.5, 0.6) is 5.75 Å². The maximum Gasteiger partial charge on any atom is 0.446 e. The molecule has 42 heavy (non-hydrogen) atoms. The SMILES string of the molecule is COc1cc(F)c(-c2ccc(C(=O)O)nc2)cc1C(=O)NC1C2C=CC(C2)N1C(=O)Nc1cccc(SC(F)(F)F)c1. The fourth-order valence-corrected chi connectivity index (χ4v) is 5.59. The molecule has 0 spiro atoms. The molecule has 14 heteroatoms. The van der Waals surface area contributed by atoms with E-state index in [0.717, 1.165) is 6.07 Å². The first kappa shape index (κ1) is 28.9. The van der Waals surface area contributed by atoms with Gasteiger partial charge < -0.3 is 20.5 Å². The molecule has 2 heterocycles. The lowest BCUT2D eigenvalue weighted by molar-refractivity contribution is -0.0328. The number of urea groups is 1. The second kappa shape index (κ2) is 11.4. The Labute approximate surface area is 240 Å².